The van der Waals surface area contributed by atoms with E-state index in [1.165, 1.54) is 18.2 Å². The number of sulfone groups is 1. The predicted octanol–water partition coefficient (Wildman–Crippen LogP) is 2.29. The molecule has 0 bridgehead atoms. The first-order valence-electron chi connectivity index (χ1n) is 6.35. The molecule has 1 aromatic rings. The highest BCUT2D eigenvalue weighted by Gasteiger charge is 2.39. The lowest BCUT2D eigenvalue weighted by molar-refractivity contribution is -0.117. The smallest absolute Gasteiger partial charge is 0.244 e. The van der Waals surface area contributed by atoms with Crippen LogP contribution in [0.2, 0.25) is 0 Å². The highest BCUT2D eigenvalue weighted by Crippen LogP contribution is 2.23. The third-order valence-electron chi connectivity index (χ3n) is 3.30. The standard InChI is InChI=1S/C14H15BrFNO3S/c1-14(6-7-21(19,20)9-14)17-13(18)5-2-10-8-11(15)3-4-12(10)16/h2-5,8H,6-7,9H2,1H3,(H,17,18). The maximum absolute atomic E-state index is 13.5. The number of halogens is 2. The van der Waals surface area contributed by atoms with E-state index in [1.807, 2.05) is 0 Å². The van der Waals surface area contributed by atoms with Crippen LogP contribution in [-0.4, -0.2) is 31.4 Å². The lowest BCUT2D eigenvalue weighted by Gasteiger charge is -2.22. The molecular formula is C14H15BrFNO3S. The van der Waals surface area contributed by atoms with Gasteiger partial charge in [0.25, 0.3) is 0 Å². The molecule has 4 nitrogen and oxygen atoms in total. The highest BCUT2D eigenvalue weighted by atomic mass is 79.9. The zero-order valence-corrected chi connectivity index (χ0v) is 13.8. The van der Waals surface area contributed by atoms with Crippen LogP contribution in [0.5, 0.6) is 0 Å². The van der Waals surface area contributed by atoms with E-state index in [9.17, 15) is 17.6 Å². The first kappa shape index (κ1) is 16.2. The Labute approximate surface area is 131 Å². The van der Waals surface area contributed by atoms with Gasteiger partial charge in [-0.25, -0.2) is 12.8 Å². The summed E-state index contributed by atoms with van der Waals surface area (Å²) in [6.45, 7) is 1.70. The van der Waals surface area contributed by atoms with Crippen LogP contribution < -0.4 is 5.32 Å². The quantitative estimate of drug-likeness (QED) is 0.824. The first-order chi connectivity index (χ1) is 9.69. The van der Waals surface area contributed by atoms with Crippen LogP contribution in [0, 0.1) is 5.82 Å². The molecule has 1 atom stereocenters. The Kier molecular flexibility index (Phi) is 4.53. The summed E-state index contributed by atoms with van der Waals surface area (Å²) in [6.07, 6.45) is 2.96. The third-order valence-corrected chi connectivity index (χ3v) is 5.70. The monoisotopic (exact) mass is 375 g/mol. The number of rotatable bonds is 3. The fourth-order valence-electron chi connectivity index (χ4n) is 2.26. The van der Waals surface area contributed by atoms with Crippen LogP contribution >= 0.6 is 15.9 Å². The number of carbonyl (C=O) groups excluding carboxylic acids is 1. The van der Waals surface area contributed by atoms with E-state index >= 15 is 0 Å². The van der Waals surface area contributed by atoms with Crippen molar-refractivity contribution in [2.75, 3.05) is 11.5 Å². The largest absolute Gasteiger partial charge is 0.346 e. The van der Waals surface area contributed by atoms with Crippen molar-refractivity contribution in [3.05, 3.63) is 40.1 Å². The van der Waals surface area contributed by atoms with Gasteiger partial charge < -0.3 is 5.32 Å². The van der Waals surface area contributed by atoms with Crippen molar-refractivity contribution in [3.8, 4) is 0 Å². The fourth-order valence-corrected chi connectivity index (χ4v) is 4.73. The van der Waals surface area contributed by atoms with Crippen molar-refractivity contribution in [1.82, 2.24) is 5.32 Å². The average molecular weight is 376 g/mol. The minimum absolute atomic E-state index is 0.0647. The van der Waals surface area contributed by atoms with Gasteiger partial charge in [-0.2, -0.15) is 0 Å². The van der Waals surface area contributed by atoms with E-state index in [0.29, 0.717) is 10.9 Å². The molecule has 1 aromatic carbocycles. The normalized spacial score (nSPS) is 24.3. The van der Waals surface area contributed by atoms with E-state index in [4.69, 9.17) is 0 Å². The summed E-state index contributed by atoms with van der Waals surface area (Å²) in [6, 6.07) is 4.42. The first-order valence-corrected chi connectivity index (χ1v) is 8.96. The minimum Gasteiger partial charge on any atom is -0.346 e. The molecule has 0 radical (unpaired) electrons. The van der Waals surface area contributed by atoms with Gasteiger partial charge in [-0.3, -0.25) is 4.79 Å². The molecule has 1 fully saturated rings. The van der Waals surface area contributed by atoms with Gasteiger partial charge in [0.1, 0.15) is 5.82 Å². The highest BCUT2D eigenvalue weighted by molar-refractivity contribution is 9.10. The molecule has 0 aromatic heterocycles. The summed E-state index contributed by atoms with van der Waals surface area (Å²) < 4.78 is 37.2. The summed E-state index contributed by atoms with van der Waals surface area (Å²) in [5.74, 6) is -0.857. The fraction of sp³-hybridized carbons (Fsp3) is 0.357. The average Bonchev–Trinajstić information content (AvgIpc) is 2.64. The Hall–Kier alpha value is -1.21. The lowest BCUT2D eigenvalue weighted by atomic mass is 10.0. The van der Waals surface area contributed by atoms with Crippen LogP contribution in [0.25, 0.3) is 6.08 Å². The van der Waals surface area contributed by atoms with Gasteiger partial charge in [0, 0.05) is 16.1 Å². The van der Waals surface area contributed by atoms with Crippen LogP contribution in [0.1, 0.15) is 18.9 Å². The molecule has 1 aliphatic rings. The molecular weight excluding hydrogens is 361 g/mol. The molecule has 1 aliphatic heterocycles. The summed E-state index contributed by atoms with van der Waals surface area (Å²) >= 11 is 3.23. The van der Waals surface area contributed by atoms with Gasteiger partial charge in [-0.1, -0.05) is 15.9 Å². The van der Waals surface area contributed by atoms with Gasteiger partial charge in [0.15, 0.2) is 9.84 Å². The molecule has 1 amide bonds. The van der Waals surface area contributed by atoms with Gasteiger partial charge in [0.2, 0.25) is 5.91 Å². The zero-order chi connectivity index (χ0) is 15.7. The van der Waals surface area contributed by atoms with Crippen LogP contribution in [-0.2, 0) is 14.6 Å². The summed E-state index contributed by atoms with van der Waals surface area (Å²) in [5.41, 5.74) is -0.473. The van der Waals surface area contributed by atoms with Crippen molar-refractivity contribution in [2.45, 2.75) is 18.9 Å². The predicted molar refractivity (Wildman–Crippen MR) is 83.0 cm³/mol. The van der Waals surface area contributed by atoms with Crippen molar-refractivity contribution < 1.29 is 17.6 Å². The molecule has 0 spiro atoms. The van der Waals surface area contributed by atoms with Gasteiger partial charge >= 0.3 is 0 Å². The molecule has 21 heavy (non-hydrogen) atoms. The van der Waals surface area contributed by atoms with Crippen molar-refractivity contribution in [3.63, 3.8) is 0 Å². The van der Waals surface area contributed by atoms with Crippen molar-refractivity contribution >= 4 is 37.8 Å². The zero-order valence-electron chi connectivity index (χ0n) is 11.4. The van der Waals surface area contributed by atoms with Crippen LogP contribution in [0.15, 0.2) is 28.7 Å². The van der Waals surface area contributed by atoms with Crippen molar-refractivity contribution in [2.24, 2.45) is 0 Å². The van der Waals surface area contributed by atoms with E-state index < -0.39 is 27.1 Å². The molecule has 7 heteroatoms. The summed E-state index contributed by atoms with van der Waals surface area (Å²) in [7, 11) is -3.08. The Morgan fingerprint density at radius 1 is 1.48 bits per heavy atom. The second-order valence-corrected chi connectivity index (χ2v) is 8.49. The Balaban J connectivity index is 2.05. The molecule has 1 heterocycles. The number of benzene rings is 1. The van der Waals surface area contributed by atoms with Gasteiger partial charge in [-0.15, -0.1) is 0 Å². The van der Waals surface area contributed by atoms with Crippen LogP contribution in [0.4, 0.5) is 4.39 Å². The lowest BCUT2D eigenvalue weighted by Crippen LogP contribution is -2.46. The molecule has 1 saturated heterocycles. The molecule has 2 rings (SSSR count). The molecule has 1 N–H and O–H groups in total. The van der Waals surface area contributed by atoms with Gasteiger partial charge in [-0.05, 0) is 37.6 Å². The number of amides is 1. The topological polar surface area (TPSA) is 63.2 Å². The molecule has 0 saturated carbocycles. The Morgan fingerprint density at radius 3 is 2.81 bits per heavy atom. The Morgan fingerprint density at radius 2 is 2.19 bits per heavy atom. The van der Waals surface area contributed by atoms with Crippen molar-refractivity contribution in [1.29, 1.82) is 0 Å². The maximum atomic E-state index is 13.5. The minimum atomic E-state index is -3.08. The molecule has 114 valence electrons. The molecule has 0 aliphatic carbocycles. The number of hydrogen-bond donors (Lipinski definition) is 1. The van der Waals surface area contributed by atoms with E-state index in [0.717, 1.165) is 0 Å². The van der Waals surface area contributed by atoms with E-state index in [-0.39, 0.29) is 17.1 Å². The summed E-state index contributed by atoms with van der Waals surface area (Å²) in [4.78, 5) is 11.9. The number of carbonyl (C=O) groups is 1. The Bertz CT molecular complexity index is 702. The number of nitrogens with one attached hydrogen (secondary N) is 1. The molecule has 1 unspecified atom stereocenters. The maximum Gasteiger partial charge on any atom is 0.244 e. The van der Waals surface area contributed by atoms with Gasteiger partial charge in [0.05, 0.1) is 17.0 Å². The van der Waals surface area contributed by atoms with Crippen LogP contribution in [0.3, 0.4) is 0 Å². The summed E-state index contributed by atoms with van der Waals surface area (Å²) in [5, 5.41) is 2.68. The van der Waals surface area contributed by atoms with E-state index in [1.54, 1.807) is 19.1 Å². The third kappa shape index (κ3) is 4.38. The van der Waals surface area contributed by atoms with E-state index in [2.05, 4.69) is 21.2 Å². The second-order valence-electron chi connectivity index (χ2n) is 5.39. The SMILES string of the molecule is CC1(NC(=O)C=Cc2cc(Br)ccc2F)CCS(=O)(=O)C1. The number of hydrogen-bond acceptors (Lipinski definition) is 3. The second kappa shape index (κ2) is 5.88.